The van der Waals surface area contributed by atoms with Gasteiger partial charge in [0.05, 0.1) is 0 Å². The highest BCUT2D eigenvalue weighted by molar-refractivity contribution is 5.10. The van der Waals surface area contributed by atoms with Crippen molar-refractivity contribution in [1.29, 1.82) is 0 Å². The topological polar surface area (TPSA) is 0 Å². The van der Waals surface area contributed by atoms with Gasteiger partial charge >= 0.3 is 23.9 Å². The highest BCUT2D eigenvalue weighted by atomic mass is 19.4. The quantitative estimate of drug-likeness (QED) is 0.302. The minimum atomic E-state index is -6.81. The van der Waals surface area contributed by atoms with Gasteiger partial charge in [-0.2, -0.15) is 39.5 Å². The Hall–Kier alpha value is -1.15. The van der Waals surface area contributed by atoms with Crippen LogP contribution in [0.4, 0.5) is 39.5 Å². The first-order chi connectivity index (χ1) is 9.20. The summed E-state index contributed by atoms with van der Waals surface area (Å²) in [5, 5.41) is 0. The van der Waals surface area contributed by atoms with Gasteiger partial charge in [-0.3, -0.25) is 0 Å². The SMILES string of the molecule is C=CC(=C)CCCCC(F)(F)C(F)(F)C(F)(F)C(F)(F)F. The summed E-state index contributed by atoms with van der Waals surface area (Å²) in [7, 11) is 0. The van der Waals surface area contributed by atoms with Crippen molar-refractivity contribution in [2.75, 3.05) is 0 Å². The molecule has 0 rings (SSSR count). The molecule has 0 saturated heterocycles. The maximum absolute atomic E-state index is 13.1. The van der Waals surface area contributed by atoms with Crippen molar-refractivity contribution < 1.29 is 39.5 Å². The molecule has 0 spiro atoms. The van der Waals surface area contributed by atoms with Crippen LogP contribution in [0.1, 0.15) is 25.7 Å². The smallest absolute Gasteiger partial charge is 0.200 e. The lowest BCUT2D eigenvalue weighted by molar-refractivity contribution is -0.396. The summed E-state index contributed by atoms with van der Waals surface area (Å²) in [5.74, 6) is -18.8. The molecular formula is C12H13F9. The summed E-state index contributed by atoms with van der Waals surface area (Å²) in [6, 6.07) is 0. The lowest BCUT2D eigenvalue weighted by atomic mass is 9.97. The van der Waals surface area contributed by atoms with E-state index in [0.717, 1.165) is 0 Å². The van der Waals surface area contributed by atoms with E-state index in [1.807, 2.05) is 0 Å². The zero-order chi connectivity index (χ0) is 17.1. The van der Waals surface area contributed by atoms with Crippen LogP contribution in [0, 0.1) is 0 Å². The molecule has 0 nitrogen and oxygen atoms in total. The number of rotatable bonds is 8. The molecule has 0 unspecified atom stereocenters. The maximum Gasteiger partial charge on any atom is 0.460 e. The summed E-state index contributed by atoms with van der Waals surface area (Å²) < 4.78 is 112. The second kappa shape index (κ2) is 6.31. The van der Waals surface area contributed by atoms with Crippen LogP contribution in [0.2, 0.25) is 0 Å². The van der Waals surface area contributed by atoms with Crippen molar-refractivity contribution in [1.82, 2.24) is 0 Å². The van der Waals surface area contributed by atoms with E-state index < -0.39 is 36.8 Å². The standard InChI is InChI=1S/C12H13F9/c1-3-8(2)6-4-5-7-9(13,14)10(15,16)11(17,18)12(19,20)21/h3H,1-2,4-7H2. The third-order valence-corrected chi connectivity index (χ3v) is 2.74. The van der Waals surface area contributed by atoms with Crippen LogP contribution >= 0.6 is 0 Å². The molecule has 0 aliphatic rings. The Balaban J connectivity index is 4.88. The van der Waals surface area contributed by atoms with Gasteiger partial charge in [0.1, 0.15) is 0 Å². The van der Waals surface area contributed by atoms with E-state index in [1.54, 1.807) is 0 Å². The number of halogens is 9. The van der Waals surface area contributed by atoms with Gasteiger partial charge in [-0.05, 0) is 19.3 Å². The van der Waals surface area contributed by atoms with Crippen LogP contribution in [0.5, 0.6) is 0 Å². The first kappa shape index (κ1) is 19.8. The van der Waals surface area contributed by atoms with Gasteiger partial charge in [-0.25, -0.2) is 0 Å². The average molecular weight is 328 g/mol. The second-order valence-electron chi connectivity index (χ2n) is 4.42. The Morgan fingerprint density at radius 3 is 1.67 bits per heavy atom. The van der Waals surface area contributed by atoms with E-state index in [0.29, 0.717) is 5.57 Å². The molecule has 124 valence electrons. The summed E-state index contributed by atoms with van der Waals surface area (Å²) >= 11 is 0. The van der Waals surface area contributed by atoms with Crippen LogP contribution in [0.25, 0.3) is 0 Å². The highest BCUT2D eigenvalue weighted by Crippen LogP contribution is 2.54. The van der Waals surface area contributed by atoms with E-state index in [4.69, 9.17) is 0 Å². The average Bonchev–Trinajstić information content (AvgIpc) is 2.32. The number of allylic oxidation sites excluding steroid dienone is 2. The molecule has 0 saturated carbocycles. The van der Waals surface area contributed by atoms with Crippen molar-refractivity contribution in [2.24, 2.45) is 0 Å². The third kappa shape index (κ3) is 4.16. The Morgan fingerprint density at radius 2 is 1.29 bits per heavy atom. The molecule has 9 heteroatoms. The molecule has 0 aromatic heterocycles. The predicted molar refractivity (Wildman–Crippen MR) is 58.7 cm³/mol. The Bertz CT molecular complexity index is 379. The zero-order valence-corrected chi connectivity index (χ0v) is 10.7. The van der Waals surface area contributed by atoms with Crippen molar-refractivity contribution >= 4 is 0 Å². The van der Waals surface area contributed by atoms with Crippen LogP contribution < -0.4 is 0 Å². The minimum Gasteiger partial charge on any atom is -0.200 e. The summed E-state index contributed by atoms with van der Waals surface area (Å²) in [6.07, 6.45) is -7.96. The maximum atomic E-state index is 13.1. The Labute approximate surface area is 115 Å². The molecule has 0 radical (unpaired) electrons. The van der Waals surface area contributed by atoms with Crippen LogP contribution in [-0.4, -0.2) is 23.9 Å². The van der Waals surface area contributed by atoms with Gasteiger partial charge in [0, 0.05) is 6.42 Å². The molecular weight excluding hydrogens is 315 g/mol. The Kier molecular flexibility index (Phi) is 5.97. The predicted octanol–water partition coefficient (Wildman–Crippen LogP) is 5.76. The van der Waals surface area contributed by atoms with Crippen molar-refractivity contribution in [3.05, 3.63) is 24.8 Å². The van der Waals surface area contributed by atoms with E-state index in [-0.39, 0.29) is 12.8 Å². The second-order valence-corrected chi connectivity index (χ2v) is 4.42. The molecule has 0 N–H and O–H groups in total. The molecule has 0 aliphatic heterocycles. The van der Waals surface area contributed by atoms with Crippen molar-refractivity contribution in [2.45, 2.75) is 49.6 Å². The molecule has 0 aromatic rings. The lowest BCUT2D eigenvalue weighted by Gasteiger charge is -2.33. The fourth-order valence-electron chi connectivity index (χ4n) is 1.37. The van der Waals surface area contributed by atoms with E-state index >= 15 is 0 Å². The van der Waals surface area contributed by atoms with Gasteiger partial charge in [-0.1, -0.05) is 24.8 Å². The Morgan fingerprint density at radius 1 is 0.810 bits per heavy atom. The van der Waals surface area contributed by atoms with E-state index in [2.05, 4.69) is 13.2 Å². The van der Waals surface area contributed by atoms with Gasteiger partial charge in [0.2, 0.25) is 0 Å². The third-order valence-electron chi connectivity index (χ3n) is 2.74. The van der Waals surface area contributed by atoms with Crippen molar-refractivity contribution in [3.8, 4) is 0 Å². The molecule has 0 bridgehead atoms. The number of unbranched alkanes of at least 4 members (excludes halogenated alkanes) is 1. The number of hydrogen-bond acceptors (Lipinski definition) is 0. The van der Waals surface area contributed by atoms with Gasteiger partial charge in [-0.15, -0.1) is 0 Å². The van der Waals surface area contributed by atoms with Gasteiger partial charge in [0.25, 0.3) is 0 Å². The van der Waals surface area contributed by atoms with Gasteiger partial charge < -0.3 is 0 Å². The largest absolute Gasteiger partial charge is 0.460 e. The molecule has 0 aromatic carbocycles. The molecule has 0 atom stereocenters. The molecule has 0 aliphatic carbocycles. The van der Waals surface area contributed by atoms with Crippen LogP contribution in [0.3, 0.4) is 0 Å². The van der Waals surface area contributed by atoms with Crippen molar-refractivity contribution in [3.63, 3.8) is 0 Å². The normalized spacial score (nSPS) is 14.1. The van der Waals surface area contributed by atoms with E-state index in [9.17, 15) is 39.5 Å². The fraction of sp³-hybridized carbons (Fsp3) is 0.667. The summed E-state index contributed by atoms with van der Waals surface area (Å²) in [5.41, 5.74) is 0.408. The van der Waals surface area contributed by atoms with Crippen LogP contribution in [-0.2, 0) is 0 Å². The lowest BCUT2D eigenvalue weighted by Crippen LogP contribution is -2.60. The highest BCUT2D eigenvalue weighted by Gasteiger charge is 2.81. The van der Waals surface area contributed by atoms with E-state index in [1.165, 1.54) is 6.08 Å². The first-order valence-electron chi connectivity index (χ1n) is 5.71. The van der Waals surface area contributed by atoms with Crippen LogP contribution in [0.15, 0.2) is 24.8 Å². The molecule has 0 fully saturated rings. The number of alkyl halides is 9. The zero-order valence-electron chi connectivity index (χ0n) is 10.7. The molecule has 0 heterocycles. The minimum absolute atomic E-state index is 0.0980. The molecule has 21 heavy (non-hydrogen) atoms. The monoisotopic (exact) mass is 328 g/mol. The summed E-state index contributed by atoms with van der Waals surface area (Å²) in [6.45, 7) is 6.70. The summed E-state index contributed by atoms with van der Waals surface area (Å²) in [4.78, 5) is 0. The first-order valence-corrected chi connectivity index (χ1v) is 5.71. The fourth-order valence-corrected chi connectivity index (χ4v) is 1.37. The van der Waals surface area contributed by atoms with Gasteiger partial charge in [0.15, 0.2) is 0 Å². The molecule has 0 amide bonds. The number of hydrogen-bond donors (Lipinski definition) is 0.